The molecular formula is C18H16Cl2O3. The quantitative estimate of drug-likeness (QED) is 0.534. The molecule has 1 aromatic rings. The third kappa shape index (κ3) is 5.31. The molecule has 0 aromatic heterocycles. The van der Waals surface area contributed by atoms with E-state index in [0.717, 1.165) is 11.1 Å². The third-order valence-corrected chi connectivity index (χ3v) is 3.41. The molecule has 1 aliphatic rings. The van der Waals surface area contributed by atoms with Crippen molar-refractivity contribution in [3.63, 3.8) is 0 Å². The van der Waals surface area contributed by atoms with Crippen molar-refractivity contribution in [3.05, 3.63) is 69.8 Å². The van der Waals surface area contributed by atoms with Crippen molar-refractivity contribution < 1.29 is 14.3 Å². The molecule has 0 radical (unpaired) electrons. The van der Waals surface area contributed by atoms with E-state index in [1.165, 1.54) is 6.08 Å². The van der Waals surface area contributed by atoms with Crippen molar-refractivity contribution in [2.75, 3.05) is 13.2 Å². The van der Waals surface area contributed by atoms with Crippen molar-refractivity contribution in [1.29, 1.82) is 0 Å². The Morgan fingerprint density at radius 1 is 1.22 bits per heavy atom. The summed E-state index contributed by atoms with van der Waals surface area (Å²) in [7, 11) is 0. The Bertz CT molecular complexity index is 686. The van der Waals surface area contributed by atoms with Crippen LogP contribution < -0.4 is 4.74 Å². The topological polar surface area (TPSA) is 35.5 Å². The Balaban J connectivity index is 2.14. The van der Waals surface area contributed by atoms with Crippen molar-refractivity contribution in [2.24, 2.45) is 0 Å². The van der Waals surface area contributed by atoms with Gasteiger partial charge in [-0.3, -0.25) is 0 Å². The van der Waals surface area contributed by atoms with Gasteiger partial charge in [0.2, 0.25) is 0 Å². The molecule has 5 heteroatoms. The second-order valence-corrected chi connectivity index (χ2v) is 5.48. The van der Waals surface area contributed by atoms with E-state index >= 15 is 0 Å². The minimum absolute atomic E-state index is 0.196. The highest BCUT2D eigenvalue weighted by Crippen LogP contribution is 2.34. The molecule has 0 atom stereocenters. The summed E-state index contributed by atoms with van der Waals surface area (Å²) < 4.78 is 10.5. The molecule has 120 valence electrons. The monoisotopic (exact) mass is 350 g/mol. The highest BCUT2D eigenvalue weighted by atomic mass is 35.5. The fourth-order valence-electron chi connectivity index (χ4n) is 1.97. The van der Waals surface area contributed by atoms with Crippen molar-refractivity contribution in [2.45, 2.75) is 6.92 Å². The summed E-state index contributed by atoms with van der Waals surface area (Å²) >= 11 is 12.3. The molecule has 1 aromatic carbocycles. The Labute approximate surface area is 145 Å². The Hall–Kier alpha value is -1.97. The van der Waals surface area contributed by atoms with Crippen molar-refractivity contribution in [3.8, 4) is 5.75 Å². The number of carbonyl (C=O) groups is 1. The lowest BCUT2D eigenvalue weighted by Gasteiger charge is -2.11. The smallest absolute Gasteiger partial charge is 0.330 e. The number of carbonyl (C=O) groups excluding carboxylic acids is 1. The van der Waals surface area contributed by atoms with Gasteiger partial charge in [0.1, 0.15) is 12.4 Å². The second kappa shape index (κ2) is 8.61. The first-order valence-electron chi connectivity index (χ1n) is 7.11. The summed E-state index contributed by atoms with van der Waals surface area (Å²) in [6.07, 6.45) is 12.7. The van der Waals surface area contributed by atoms with E-state index in [4.69, 9.17) is 32.7 Å². The van der Waals surface area contributed by atoms with Gasteiger partial charge in [0.05, 0.1) is 11.6 Å². The molecule has 0 spiro atoms. The number of allylic oxidation sites excluding steroid dienone is 5. The van der Waals surface area contributed by atoms with Gasteiger partial charge in [0.15, 0.2) is 0 Å². The van der Waals surface area contributed by atoms with Crippen LogP contribution in [0.15, 0.2) is 54.2 Å². The molecule has 0 heterocycles. The SMILES string of the molecule is CCOC(=O)/C=C/COc1c(Cl)cc(Cl)cc1C=C1C=CC=C1. The number of esters is 1. The lowest BCUT2D eigenvalue weighted by Crippen LogP contribution is -2.01. The summed E-state index contributed by atoms with van der Waals surface area (Å²) in [5.74, 6) is 0.118. The number of benzene rings is 1. The molecule has 0 aliphatic heterocycles. The van der Waals surface area contributed by atoms with Crippen LogP contribution in [0.5, 0.6) is 5.75 Å². The largest absolute Gasteiger partial charge is 0.487 e. The zero-order valence-electron chi connectivity index (χ0n) is 12.6. The summed E-state index contributed by atoms with van der Waals surface area (Å²) in [6, 6.07) is 3.40. The minimum atomic E-state index is -0.401. The van der Waals surface area contributed by atoms with Gasteiger partial charge < -0.3 is 9.47 Å². The van der Waals surface area contributed by atoms with Gasteiger partial charge in [0, 0.05) is 16.7 Å². The molecule has 0 saturated heterocycles. The van der Waals surface area contributed by atoms with Crippen LogP contribution in [-0.2, 0) is 9.53 Å². The maximum Gasteiger partial charge on any atom is 0.330 e. The van der Waals surface area contributed by atoms with Crippen LogP contribution in [0.25, 0.3) is 6.08 Å². The standard InChI is InChI=1S/C18H16Cl2O3/c1-2-22-17(21)8-5-9-23-18-14(10-13-6-3-4-7-13)11-15(19)12-16(18)20/h3-8,10-12H,2,9H2,1H3/b8-5+. The van der Waals surface area contributed by atoms with Gasteiger partial charge >= 0.3 is 5.97 Å². The van der Waals surface area contributed by atoms with Gasteiger partial charge in [-0.15, -0.1) is 0 Å². The Morgan fingerprint density at radius 2 is 1.96 bits per heavy atom. The first-order valence-corrected chi connectivity index (χ1v) is 7.87. The molecule has 23 heavy (non-hydrogen) atoms. The Kier molecular flexibility index (Phi) is 6.51. The minimum Gasteiger partial charge on any atom is -0.487 e. The maximum absolute atomic E-state index is 11.2. The second-order valence-electron chi connectivity index (χ2n) is 4.63. The van der Waals surface area contributed by atoms with E-state index in [1.54, 1.807) is 25.1 Å². The molecule has 0 fully saturated rings. The van der Waals surface area contributed by atoms with E-state index < -0.39 is 5.97 Å². The summed E-state index contributed by atoms with van der Waals surface area (Å²) in [6.45, 7) is 2.29. The normalized spacial score (nSPS) is 12.9. The van der Waals surface area contributed by atoms with E-state index in [1.807, 2.05) is 30.4 Å². The van der Waals surface area contributed by atoms with Crippen LogP contribution in [0.2, 0.25) is 10.0 Å². The third-order valence-electron chi connectivity index (χ3n) is 2.91. The highest BCUT2D eigenvalue weighted by Gasteiger charge is 2.09. The van der Waals surface area contributed by atoms with Crippen molar-refractivity contribution in [1.82, 2.24) is 0 Å². The fourth-order valence-corrected chi connectivity index (χ4v) is 2.53. The van der Waals surface area contributed by atoms with E-state index in [9.17, 15) is 4.79 Å². The van der Waals surface area contributed by atoms with Gasteiger partial charge in [-0.05, 0) is 36.8 Å². The maximum atomic E-state index is 11.2. The fraction of sp³-hybridized carbons (Fsp3) is 0.167. The average Bonchev–Trinajstić information content (AvgIpc) is 2.98. The first kappa shape index (κ1) is 17.4. The lowest BCUT2D eigenvalue weighted by molar-refractivity contribution is -0.137. The predicted molar refractivity (Wildman–Crippen MR) is 94.0 cm³/mol. The molecule has 0 amide bonds. The first-order chi connectivity index (χ1) is 11.1. The zero-order valence-corrected chi connectivity index (χ0v) is 14.1. The van der Waals surface area contributed by atoms with Crippen LogP contribution in [0.1, 0.15) is 12.5 Å². The molecule has 0 N–H and O–H groups in total. The molecule has 1 aliphatic carbocycles. The van der Waals surface area contributed by atoms with Gasteiger partial charge in [-0.2, -0.15) is 0 Å². The molecular weight excluding hydrogens is 335 g/mol. The van der Waals surface area contributed by atoms with Gasteiger partial charge in [-0.25, -0.2) is 4.79 Å². The number of halogens is 2. The van der Waals surface area contributed by atoms with E-state index in [-0.39, 0.29) is 6.61 Å². The predicted octanol–water partition coefficient (Wildman–Crippen LogP) is 5.00. The molecule has 0 unspecified atom stereocenters. The molecule has 0 saturated carbocycles. The average molecular weight is 351 g/mol. The van der Waals surface area contributed by atoms with Crippen molar-refractivity contribution >= 4 is 35.2 Å². The molecule has 3 nitrogen and oxygen atoms in total. The Morgan fingerprint density at radius 3 is 2.65 bits per heavy atom. The van der Waals surface area contributed by atoms with Crippen LogP contribution >= 0.6 is 23.2 Å². The molecule has 2 rings (SSSR count). The number of hydrogen-bond acceptors (Lipinski definition) is 3. The van der Waals surface area contributed by atoms with Gasteiger partial charge in [-0.1, -0.05) is 47.5 Å². The van der Waals surface area contributed by atoms with Crippen LogP contribution in [0.3, 0.4) is 0 Å². The summed E-state index contributed by atoms with van der Waals surface area (Å²) in [5.41, 5.74) is 1.80. The summed E-state index contributed by atoms with van der Waals surface area (Å²) in [4.78, 5) is 11.2. The summed E-state index contributed by atoms with van der Waals surface area (Å²) in [5, 5.41) is 0.946. The number of ether oxygens (including phenoxy) is 2. The van der Waals surface area contributed by atoms with Crippen LogP contribution in [0, 0.1) is 0 Å². The number of rotatable bonds is 6. The lowest BCUT2D eigenvalue weighted by atomic mass is 10.1. The molecule has 0 bridgehead atoms. The van der Waals surface area contributed by atoms with Crippen LogP contribution in [-0.4, -0.2) is 19.2 Å². The highest BCUT2D eigenvalue weighted by molar-refractivity contribution is 6.35. The van der Waals surface area contributed by atoms with E-state index in [0.29, 0.717) is 22.4 Å². The van der Waals surface area contributed by atoms with Gasteiger partial charge in [0.25, 0.3) is 0 Å². The zero-order chi connectivity index (χ0) is 16.7. The van der Waals surface area contributed by atoms with Crippen LogP contribution in [0.4, 0.5) is 0 Å². The number of hydrogen-bond donors (Lipinski definition) is 0. The van der Waals surface area contributed by atoms with E-state index in [2.05, 4.69) is 0 Å².